The van der Waals surface area contributed by atoms with Crippen LogP contribution in [0.15, 0.2) is 30.7 Å². The van der Waals surface area contributed by atoms with Crippen LogP contribution in [0.1, 0.15) is 65.7 Å². The van der Waals surface area contributed by atoms with Crippen LogP contribution in [0.2, 0.25) is 0 Å². The molecule has 0 bridgehead atoms. The summed E-state index contributed by atoms with van der Waals surface area (Å²) in [6.07, 6.45) is 3.34. The molecule has 0 amide bonds. The van der Waals surface area contributed by atoms with Gasteiger partial charge in [-0.2, -0.15) is 0 Å². The quantitative estimate of drug-likeness (QED) is 0.0206. The Bertz CT molecular complexity index is 1520. The molecule has 396 valence electrons. The van der Waals surface area contributed by atoms with E-state index in [0.29, 0.717) is 97.8 Å². The molecule has 31 nitrogen and oxygen atoms in total. The summed E-state index contributed by atoms with van der Waals surface area (Å²) in [6.45, 7) is 11.0. The summed E-state index contributed by atoms with van der Waals surface area (Å²) >= 11 is 0. The molecule has 0 spiro atoms. The Hall–Kier alpha value is -5.40. The van der Waals surface area contributed by atoms with Crippen LogP contribution in [0.3, 0.4) is 0 Å². The average molecular weight is 1000 g/mol. The maximum atomic E-state index is 13.0. The highest BCUT2D eigenvalue weighted by molar-refractivity contribution is 5.80. The highest BCUT2D eigenvalue weighted by atomic mass is 16.6. The molecule has 0 radical (unpaired) electrons. The van der Waals surface area contributed by atoms with Gasteiger partial charge in [-0.05, 0) is 92.5 Å². The van der Waals surface area contributed by atoms with Crippen LogP contribution in [0, 0.1) is 5.41 Å². The van der Waals surface area contributed by atoms with Gasteiger partial charge in [-0.1, -0.05) is 30.7 Å². The second-order valence-electron chi connectivity index (χ2n) is 16.0. The van der Waals surface area contributed by atoms with Gasteiger partial charge in [0.25, 0.3) is 0 Å². The van der Waals surface area contributed by atoms with Gasteiger partial charge in [0.05, 0.1) is 71.6 Å². The molecule has 0 saturated heterocycles. The van der Waals surface area contributed by atoms with Crippen molar-refractivity contribution in [2.75, 3.05) is 158 Å². The van der Waals surface area contributed by atoms with Crippen molar-refractivity contribution in [2.45, 2.75) is 76.9 Å². The van der Waals surface area contributed by atoms with Gasteiger partial charge in [0, 0.05) is 120 Å². The van der Waals surface area contributed by atoms with Gasteiger partial charge in [0.2, 0.25) is 0 Å². The van der Waals surface area contributed by atoms with Gasteiger partial charge in [-0.25, -0.2) is 4.79 Å². The Morgan fingerprint density at radius 3 is 1.00 bits per heavy atom. The number of nitrogens with zero attached hydrogens (tertiary/aromatic N) is 18. The van der Waals surface area contributed by atoms with Crippen molar-refractivity contribution in [3.63, 3.8) is 0 Å². The summed E-state index contributed by atoms with van der Waals surface area (Å²) in [7, 11) is 0. The molecule has 0 saturated carbocycles. The molecule has 0 aromatic heterocycles. The fraction of sp³-hybridized carbons (Fsp3) is 0.949. The number of hydrogen-bond donors (Lipinski definition) is 1. The molecule has 0 rings (SSSR count). The maximum Gasteiger partial charge on any atom is 0.332 e. The number of ether oxygens (including phenoxy) is 10. The van der Waals surface area contributed by atoms with E-state index in [0.717, 1.165) is 0 Å². The third-order valence-electron chi connectivity index (χ3n) is 8.27. The standard InChI is InChI=1S/C26H47N9O9.C13H26N10O3/c1-25(2,3)44-24(37)19-40-16-14-38-13-15-39-18-23(36)17-26(20-41-10-4-7-30-33-27,21-42-11-5-8-31-34-28)22-43-12-6-9-32-35-29;14-13(10-24-7-1-4-18-21-15,11-25-8-2-5-19-22-16)12-26-9-3-6-20-23-17/h4-22H2,1-3H3;1-12,14H2. The van der Waals surface area contributed by atoms with Gasteiger partial charge < -0.3 is 53.1 Å². The molecule has 31 heteroatoms. The number of rotatable bonds is 48. The van der Waals surface area contributed by atoms with Crippen LogP contribution >= 0.6 is 0 Å². The molecule has 0 aromatic rings. The molecular weight excluding hydrogens is 927 g/mol. The largest absolute Gasteiger partial charge is 0.458 e. The lowest BCUT2D eigenvalue weighted by Crippen LogP contribution is -2.53. The zero-order valence-corrected chi connectivity index (χ0v) is 40.9. The van der Waals surface area contributed by atoms with Crippen LogP contribution in [0.5, 0.6) is 0 Å². The van der Waals surface area contributed by atoms with Crippen molar-refractivity contribution < 1.29 is 57.0 Å². The predicted molar refractivity (Wildman–Crippen MR) is 254 cm³/mol. The van der Waals surface area contributed by atoms with Crippen molar-refractivity contribution in [3.05, 3.63) is 62.7 Å². The topological polar surface area (TPSA) is 445 Å². The van der Waals surface area contributed by atoms with E-state index < -0.39 is 22.5 Å². The van der Waals surface area contributed by atoms with Crippen LogP contribution in [-0.4, -0.2) is 181 Å². The van der Waals surface area contributed by atoms with Gasteiger partial charge in [0.15, 0.2) is 5.78 Å². The summed E-state index contributed by atoms with van der Waals surface area (Å²) in [6, 6.07) is 0. The molecule has 0 unspecified atom stereocenters. The first-order valence-electron chi connectivity index (χ1n) is 22.6. The zero-order chi connectivity index (χ0) is 52.1. The van der Waals surface area contributed by atoms with E-state index in [1.807, 2.05) is 0 Å². The average Bonchev–Trinajstić information content (AvgIpc) is 3.32. The number of hydrogen-bond acceptors (Lipinski definition) is 19. The van der Waals surface area contributed by atoms with E-state index in [4.69, 9.17) is 86.3 Å². The Kier molecular flexibility index (Phi) is 46.3. The second-order valence-corrected chi connectivity index (χ2v) is 16.0. The molecular formula is C39H73N19O12. The van der Waals surface area contributed by atoms with Crippen molar-refractivity contribution in [1.82, 2.24) is 0 Å². The van der Waals surface area contributed by atoms with Crippen LogP contribution in [-0.2, 0) is 57.0 Å². The van der Waals surface area contributed by atoms with E-state index >= 15 is 0 Å². The minimum Gasteiger partial charge on any atom is -0.458 e. The molecule has 0 heterocycles. The highest BCUT2D eigenvalue weighted by Crippen LogP contribution is 2.26. The fourth-order valence-corrected chi connectivity index (χ4v) is 5.31. The highest BCUT2D eigenvalue weighted by Gasteiger charge is 2.34. The first kappa shape index (κ1) is 66.7. The molecule has 70 heavy (non-hydrogen) atoms. The van der Waals surface area contributed by atoms with Crippen molar-refractivity contribution in [3.8, 4) is 0 Å². The summed E-state index contributed by atoms with van der Waals surface area (Å²) in [5, 5.41) is 20.7. The van der Waals surface area contributed by atoms with E-state index in [2.05, 4.69) is 60.2 Å². The molecule has 0 fully saturated rings. The van der Waals surface area contributed by atoms with E-state index in [1.165, 1.54) is 0 Å². The Morgan fingerprint density at radius 2 is 0.700 bits per heavy atom. The number of esters is 1. The van der Waals surface area contributed by atoms with Gasteiger partial charge in [-0.3, -0.25) is 4.79 Å². The summed E-state index contributed by atoms with van der Waals surface area (Å²) < 4.78 is 55.4. The van der Waals surface area contributed by atoms with E-state index in [9.17, 15) is 9.59 Å². The number of nitrogens with two attached hydrogens (primary N) is 1. The number of carbonyl (C=O) groups is 2. The first-order chi connectivity index (χ1) is 33.9. The summed E-state index contributed by atoms with van der Waals surface area (Å²) in [5.74, 6) is -0.648. The second kappa shape index (κ2) is 48.6. The minimum atomic E-state index is -0.849. The third-order valence-corrected chi connectivity index (χ3v) is 8.27. The van der Waals surface area contributed by atoms with Crippen molar-refractivity contribution in [2.24, 2.45) is 41.8 Å². The number of azide groups is 6. The summed E-state index contributed by atoms with van der Waals surface area (Å²) in [5.41, 5.74) is 54.0. The lowest BCUT2D eigenvalue weighted by atomic mass is 9.85. The normalized spacial score (nSPS) is 12.3. The fourth-order valence-electron chi connectivity index (χ4n) is 5.31. The van der Waals surface area contributed by atoms with Gasteiger partial charge in [-0.15, -0.1) is 0 Å². The number of carbonyl (C=O) groups excluding carboxylic acids is 2. The number of Topliss-reactive ketones (excluding diaryl/α,β-unsaturated/α-hetero) is 1. The zero-order valence-electron chi connectivity index (χ0n) is 40.9. The van der Waals surface area contributed by atoms with Crippen LogP contribution in [0.25, 0.3) is 62.7 Å². The summed E-state index contributed by atoms with van der Waals surface area (Å²) in [4.78, 5) is 40.7. The SMILES string of the molecule is CC(C)(C)OC(=O)COCCOCCOCC(=O)CC(COCCCN=[N+]=[N-])(COCCCN=[N+]=[N-])COCCCN=[N+]=[N-].[N-]=[N+]=NCCCOCC(N)(COCCCN=[N+]=[N-])COCCCN=[N+]=[N-]. The molecule has 0 aliphatic carbocycles. The smallest absolute Gasteiger partial charge is 0.332 e. The monoisotopic (exact) mass is 1000 g/mol. The lowest BCUT2D eigenvalue weighted by Gasteiger charge is -2.33. The lowest BCUT2D eigenvalue weighted by molar-refractivity contribution is -0.160. The molecule has 0 aliphatic rings. The van der Waals surface area contributed by atoms with E-state index in [-0.39, 0.29) is 111 Å². The Balaban J connectivity index is 0. The number of ketones is 1. The minimum absolute atomic E-state index is 0.0371. The van der Waals surface area contributed by atoms with E-state index in [1.54, 1.807) is 20.8 Å². The first-order valence-corrected chi connectivity index (χ1v) is 22.6. The molecule has 0 atom stereocenters. The van der Waals surface area contributed by atoms with Gasteiger partial charge in [0.1, 0.15) is 18.8 Å². The molecule has 0 aromatic carbocycles. The molecule has 2 N–H and O–H groups in total. The Morgan fingerprint density at radius 1 is 0.414 bits per heavy atom. The van der Waals surface area contributed by atoms with Crippen molar-refractivity contribution >= 4 is 11.8 Å². The Labute approximate surface area is 407 Å². The maximum absolute atomic E-state index is 13.0. The molecule has 0 aliphatic heterocycles. The van der Waals surface area contributed by atoms with Crippen LogP contribution in [0.4, 0.5) is 0 Å². The van der Waals surface area contributed by atoms with Crippen LogP contribution < -0.4 is 5.73 Å². The van der Waals surface area contributed by atoms with Crippen molar-refractivity contribution in [1.29, 1.82) is 0 Å². The third kappa shape index (κ3) is 47.7. The van der Waals surface area contributed by atoms with Gasteiger partial charge >= 0.3 is 5.97 Å². The predicted octanol–water partition coefficient (Wildman–Crippen LogP) is 7.31.